The van der Waals surface area contributed by atoms with Crippen molar-refractivity contribution >= 4 is 11.6 Å². The van der Waals surface area contributed by atoms with Gasteiger partial charge in [0.15, 0.2) is 0 Å². The summed E-state index contributed by atoms with van der Waals surface area (Å²) in [6, 6.07) is 5.01. The molecule has 4 nitrogen and oxygen atoms in total. The number of hydrogen-bond donors (Lipinski definition) is 0. The van der Waals surface area contributed by atoms with Crippen molar-refractivity contribution in [2.45, 2.75) is 38.0 Å². The molecule has 0 unspecified atom stereocenters. The summed E-state index contributed by atoms with van der Waals surface area (Å²) in [7, 11) is 0. The molecule has 2 aromatic rings. The number of fused-ring (bicyclic) bond motifs is 2. The van der Waals surface area contributed by atoms with E-state index in [0.29, 0.717) is 23.5 Å². The highest BCUT2D eigenvalue weighted by atomic mass is 19.1. The Labute approximate surface area is 134 Å². The fourth-order valence-electron chi connectivity index (χ4n) is 4.01. The van der Waals surface area contributed by atoms with Crippen LogP contribution in [-0.4, -0.2) is 22.4 Å². The second kappa shape index (κ2) is 5.11. The average Bonchev–Trinajstić information content (AvgIpc) is 3.14. The van der Waals surface area contributed by atoms with Gasteiger partial charge in [-0.1, -0.05) is 18.9 Å². The lowest BCUT2D eigenvalue weighted by molar-refractivity contribution is 0.0979. The maximum absolute atomic E-state index is 14.5. The van der Waals surface area contributed by atoms with Gasteiger partial charge in [0.2, 0.25) is 0 Å². The van der Waals surface area contributed by atoms with Crippen molar-refractivity contribution in [2.24, 2.45) is 0 Å². The van der Waals surface area contributed by atoms with E-state index in [0.717, 1.165) is 31.4 Å². The van der Waals surface area contributed by atoms with Gasteiger partial charge in [0.25, 0.3) is 5.91 Å². The Morgan fingerprint density at radius 3 is 2.70 bits per heavy atom. The first-order chi connectivity index (χ1) is 11.1. The summed E-state index contributed by atoms with van der Waals surface area (Å²) in [5, 5.41) is 0. The molecular weight excluding hydrogens is 293 g/mol. The molecule has 118 valence electrons. The van der Waals surface area contributed by atoms with Crippen molar-refractivity contribution < 1.29 is 9.18 Å². The number of amides is 1. The zero-order valence-electron chi connectivity index (χ0n) is 13.1. The largest absolute Gasteiger partial charge is 0.306 e. The van der Waals surface area contributed by atoms with Crippen LogP contribution in [0.2, 0.25) is 0 Å². The molecular formula is C18H18FN3O. The number of anilines is 1. The highest BCUT2D eigenvalue weighted by Gasteiger charge is 2.48. The maximum atomic E-state index is 14.5. The summed E-state index contributed by atoms with van der Waals surface area (Å²) < 4.78 is 14.5. The van der Waals surface area contributed by atoms with Crippen LogP contribution >= 0.6 is 0 Å². The van der Waals surface area contributed by atoms with E-state index in [4.69, 9.17) is 0 Å². The van der Waals surface area contributed by atoms with E-state index in [1.807, 2.05) is 13.0 Å². The van der Waals surface area contributed by atoms with E-state index >= 15 is 0 Å². The van der Waals surface area contributed by atoms with Crippen LogP contribution in [0, 0.1) is 12.7 Å². The van der Waals surface area contributed by atoms with Gasteiger partial charge in [-0.05, 0) is 31.9 Å². The van der Waals surface area contributed by atoms with Crippen LogP contribution in [0.5, 0.6) is 0 Å². The van der Waals surface area contributed by atoms with E-state index < -0.39 is 0 Å². The highest BCUT2D eigenvalue weighted by Crippen LogP contribution is 2.51. The van der Waals surface area contributed by atoms with Crippen molar-refractivity contribution in [1.29, 1.82) is 0 Å². The number of halogens is 1. The lowest BCUT2D eigenvalue weighted by Crippen LogP contribution is -2.36. The van der Waals surface area contributed by atoms with E-state index in [1.54, 1.807) is 17.2 Å². The molecule has 1 aromatic carbocycles. The molecule has 1 fully saturated rings. The number of hydrogen-bond acceptors (Lipinski definition) is 3. The zero-order valence-corrected chi connectivity index (χ0v) is 13.1. The van der Waals surface area contributed by atoms with E-state index in [1.165, 1.54) is 12.3 Å². The summed E-state index contributed by atoms with van der Waals surface area (Å²) in [5.74, 6) is -0.400. The standard InChI is InChI=1S/C18H18FN3O/c1-12-9-21-14(10-20-12)17(23)22-11-18(7-2-3-8-18)16-13(19)5-4-6-15(16)22/h4-6,9-10H,2-3,7-8,11H2,1H3. The molecule has 1 amide bonds. The molecule has 1 saturated carbocycles. The molecule has 0 N–H and O–H groups in total. The molecule has 2 aliphatic rings. The Hall–Kier alpha value is -2.30. The Balaban J connectivity index is 1.78. The normalized spacial score (nSPS) is 18.4. The summed E-state index contributed by atoms with van der Waals surface area (Å²) in [6.07, 6.45) is 7.12. The second-order valence-electron chi connectivity index (χ2n) is 6.56. The quantitative estimate of drug-likeness (QED) is 0.811. The van der Waals surface area contributed by atoms with Gasteiger partial charge in [-0.25, -0.2) is 9.37 Å². The zero-order chi connectivity index (χ0) is 16.0. The van der Waals surface area contributed by atoms with Crippen LogP contribution in [0.1, 0.15) is 47.4 Å². The van der Waals surface area contributed by atoms with E-state index in [9.17, 15) is 9.18 Å². The van der Waals surface area contributed by atoms with Crippen molar-refractivity contribution in [1.82, 2.24) is 9.97 Å². The Morgan fingerprint density at radius 2 is 2.00 bits per heavy atom. The van der Waals surface area contributed by atoms with E-state index in [-0.39, 0.29) is 17.1 Å². The van der Waals surface area contributed by atoms with Gasteiger partial charge >= 0.3 is 0 Å². The monoisotopic (exact) mass is 311 g/mol. The number of nitrogens with zero attached hydrogens (tertiary/aromatic N) is 3. The summed E-state index contributed by atoms with van der Waals surface area (Å²) >= 11 is 0. The lowest BCUT2D eigenvalue weighted by Gasteiger charge is -2.24. The topological polar surface area (TPSA) is 46.1 Å². The van der Waals surface area contributed by atoms with Crippen molar-refractivity contribution in [3.8, 4) is 0 Å². The lowest BCUT2D eigenvalue weighted by atomic mass is 9.80. The molecule has 4 rings (SSSR count). The number of carbonyl (C=O) groups excluding carboxylic acids is 1. The van der Waals surface area contributed by atoms with Crippen molar-refractivity contribution in [3.05, 3.63) is 53.4 Å². The van der Waals surface area contributed by atoms with Gasteiger partial charge in [0, 0.05) is 23.7 Å². The predicted molar refractivity (Wildman–Crippen MR) is 85.0 cm³/mol. The Kier molecular flexibility index (Phi) is 3.18. The number of rotatable bonds is 1. The SMILES string of the molecule is Cc1cnc(C(=O)N2CC3(CCCC3)c3c(F)cccc32)cn1. The van der Waals surface area contributed by atoms with Gasteiger partial charge in [0.05, 0.1) is 17.6 Å². The Bertz CT molecular complexity index is 766. The first-order valence-corrected chi connectivity index (χ1v) is 8.00. The second-order valence-corrected chi connectivity index (χ2v) is 6.56. The molecule has 0 bridgehead atoms. The van der Waals surface area contributed by atoms with E-state index in [2.05, 4.69) is 9.97 Å². The molecule has 1 aromatic heterocycles. The number of aromatic nitrogens is 2. The van der Waals surface area contributed by atoms with Crippen LogP contribution in [0.3, 0.4) is 0 Å². The van der Waals surface area contributed by atoms with Crippen LogP contribution in [0.25, 0.3) is 0 Å². The molecule has 1 aliphatic carbocycles. The third-order valence-electron chi connectivity index (χ3n) is 5.08. The third-order valence-corrected chi connectivity index (χ3v) is 5.08. The molecule has 23 heavy (non-hydrogen) atoms. The van der Waals surface area contributed by atoms with Gasteiger partial charge in [-0.3, -0.25) is 9.78 Å². The number of benzene rings is 1. The van der Waals surface area contributed by atoms with Gasteiger partial charge in [-0.2, -0.15) is 0 Å². The van der Waals surface area contributed by atoms with Gasteiger partial charge in [0.1, 0.15) is 11.5 Å². The number of carbonyl (C=O) groups is 1. The van der Waals surface area contributed by atoms with Gasteiger partial charge in [-0.15, -0.1) is 0 Å². The minimum atomic E-state index is -0.228. The molecule has 0 radical (unpaired) electrons. The first kappa shape index (κ1) is 14.3. The smallest absolute Gasteiger partial charge is 0.278 e. The van der Waals surface area contributed by atoms with Crippen LogP contribution in [-0.2, 0) is 5.41 Å². The highest BCUT2D eigenvalue weighted by molar-refractivity contribution is 6.06. The predicted octanol–water partition coefficient (Wildman–Crippen LogP) is 3.40. The average molecular weight is 311 g/mol. The molecule has 0 saturated heterocycles. The minimum Gasteiger partial charge on any atom is -0.306 e. The molecule has 1 spiro atoms. The third kappa shape index (κ3) is 2.14. The molecule has 1 aliphatic heterocycles. The molecule has 2 heterocycles. The molecule has 5 heteroatoms. The van der Waals surface area contributed by atoms with Crippen molar-refractivity contribution in [2.75, 3.05) is 11.4 Å². The summed E-state index contributed by atoms with van der Waals surface area (Å²) in [6.45, 7) is 2.37. The fourth-order valence-corrected chi connectivity index (χ4v) is 4.01. The Morgan fingerprint density at radius 1 is 1.22 bits per heavy atom. The van der Waals surface area contributed by atoms with Crippen LogP contribution in [0.15, 0.2) is 30.6 Å². The maximum Gasteiger partial charge on any atom is 0.278 e. The number of aryl methyl sites for hydroxylation is 1. The van der Waals surface area contributed by atoms with Crippen molar-refractivity contribution in [3.63, 3.8) is 0 Å². The minimum absolute atomic E-state index is 0.199. The first-order valence-electron chi connectivity index (χ1n) is 8.00. The van der Waals surface area contributed by atoms with Crippen LogP contribution < -0.4 is 4.90 Å². The summed E-state index contributed by atoms with van der Waals surface area (Å²) in [5.41, 5.74) is 2.25. The van der Waals surface area contributed by atoms with Crippen LogP contribution in [0.4, 0.5) is 10.1 Å². The summed E-state index contributed by atoms with van der Waals surface area (Å²) in [4.78, 5) is 22.9. The molecule has 0 atom stereocenters. The van der Waals surface area contributed by atoms with Gasteiger partial charge < -0.3 is 4.90 Å². The fraction of sp³-hybridized carbons (Fsp3) is 0.389.